The number of hydrogen-bond acceptors (Lipinski definition) is 7. The van der Waals surface area contributed by atoms with E-state index in [0.29, 0.717) is 33.2 Å². The number of aromatic nitrogens is 1. The second kappa shape index (κ2) is 8.17. The van der Waals surface area contributed by atoms with Gasteiger partial charge in [0.1, 0.15) is 5.75 Å². The molecule has 3 heterocycles. The van der Waals surface area contributed by atoms with Gasteiger partial charge in [-0.25, -0.2) is 4.79 Å². The molecule has 10 nitrogen and oxygen atoms in total. The maximum absolute atomic E-state index is 13.5. The number of carbonyl (C=O) groups excluding carboxylic acids is 2. The van der Waals surface area contributed by atoms with Crippen LogP contribution in [0.25, 0.3) is 21.9 Å². The Hall–Kier alpha value is -3.76. The molecule has 0 unspecified atom stereocenters. The third-order valence-electron chi connectivity index (χ3n) is 6.15. The number of halogens is 2. The number of phenolic OH excluding ortho intramolecular Hbond substituents is 1. The lowest BCUT2D eigenvalue weighted by Crippen LogP contribution is -2.29. The molecule has 2 N–H and O–H groups in total. The standard InChI is InChI=1S/C23H17Cl2N3O7/c1-9-17(23(31)34-2)19-18-11(7-24)8-27(13(18)6-15(29)20(19)26-9)22(30)16-4-10-3-12(25)5-14(28(32)33)21(10)35-16/h3-6,11,26,29H,7-8H2,1-2H3/t11-/m1/s1. The highest BCUT2D eigenvalue weighted by molar-refractivity contribution is 6.31. The molecule has 5 rings (SSSR count). The number of nitro benzene ring substituents is 1. The minimum Gasteiger partial charge on any atom is -0.506 e. The number of rotatable bonds is 4. The van der Waals surface area contributed by atoms with E-state index in [1.807, 2.05) is 0 Å². The number of aryl methyl sites for hydroxylation is 1. The molecule has 1 aliphatic heterocycles. The van der Waals surface area contributed by atoms with Crippen molar-refractivity contribution in [3.8, 4) is 5.75 Å². The molecule has 4 aromatic rings. The maximum Gasteiger partial charge on any atom is 0.340 e. The number of H-pyrrole nitrogens is 1. The molecule has 0 saturated heterocycles. The van der Waals surface area contributed by atoms with Crippen molar-refractivity contribution in [1.82, 2.24) is 4.98 Å². The highest BCUT2D eigenvalue weighted by Crippen LogP contribution is 2.47. The minimum atomic E-state index is -0.641. The van der Waals surface area contributed by atoms with E-state index < -0.39 is 16.8 Å². The van der Waals surface area contributed by atoms with Gasteiger partial charge >= 0.3 is 11.7 Å². The highest BCUT2D eigenvalue weighted by Gasteiger charge is 2.38. The molecule has 1 amide bonds. The Bertz CT molecular complexity index is 1570. The van der Waals surface area contributed by atoms with Crippen molar-refractivity contribution in [1.29, 1.82) is 0 Å². The number of nitrogens with one attached hydrogen (secondary N) is 1. The molecule has 0 radical (unpaired) electrons. The van der Waals surface area contributed by atoms with Crippen LogP contribution in [0.15, 0.2) is 28.7 Å². The summed E-state index contributed by atoms with van der Waals surface area (Å²) in [6.07, 6.45) is 0. The van der Waals surface area contributed by atoms with Gasteiger partial charge < -0.3 is 24.1 Å². The third-order valence-corrected chi connectivity index (χ3v) is 6.74. The summed E-state index contributed by atoms with van der Waals surface area (Å²) in [7, 11) is 1.26. The molecular weight excluding hydrogens is 501 g/mol. The normalized spacial score (nSPS) is 15.1. The predicted octanol–water partition coefficient (Wildman–Crippen LogP) is 5.26. The number of phenols is 1. The lowest BCUT2D eigenvalue weighted by molar-refractivity contribution is -0.383. The molecule has 0 aliphatic carbocycles. The van der Waals surface area contributed by atoms with Crippen LogP contribution in [-0.4, -0.2) is 46.4 Å². The first-order valence-electron chi connectivity index (χ1n) is 10.4. The molecule has 0 bridgehead atoms. The molecule has 12 heteroatoms. The number of furan rings is 1. The monoisotopic (exact) mass is 517 g/mol. The number of aromatic hydroxyl groups is 1. The molecule has 1 aliphatic rings. The van der Waals surface area contributed by atoms with Crippen LogP contribution in [0.3, 0.4) is 0 Å². The van der Waals surface area contributed by atoms with Crippen molar-refractivity contribution in [3.63, 3.8) is 0 Å². The van der Waals surface area contributed by atoms with Crippen LogP contribution in [0.5, 0.6) is 5.75 Å². The van der Waals surface area contributed by atoms with Crippen LogP contribution in [0.4, 0.5) is 11.4 Å². The quantitative estimate of drug-likeness (QED) is 0.163. The fourth-order valence-electron chi connectivity index (χ4n) is 4.69. The summed E-state index contributed by atoms with van der Waals surface area (Å²) in [6, 6.07) is 5.40. The first-order valence-corrected chi connectivity index (χ1v) is 11.3. The SMILES string of the molecule is COC(=O)c1c(C)[nH]c2c(O)cc3c(c12)[C@H](CCl)CN3C(=O)c1cc2cc(Cl)cc([N+](=O)[O-])c2o1. The minimum absolute atomic E-state index is 0.0800. The molecular formula is C23H17Cl2N3O7. The maximum atomic E-state index is 13.5. The predicted molar refractivity (Wildman–Crippen MR) is 129 cm³/mol. The Morgan fingerprint density at radius 1 is 1.34 bits per heavy atom. The largest absolute Gasteiger partial charge is 0.506 e. The van der Waals surface area contributed by atoms with Crippen molar-refractivity contribution in [2.24, 2.45) is 0 Å². The number of esters is 1. The fraction of sp³-hybridized carbons (Fsp3) is 0.217. The van der Waals surface area contributed by atoms with E-state index in [1.54, 1.807) is 6.92 Å². The molecule has 2 aromatic heterocycles. The zero-order chi connectivity index (χ0) is 25.2. The zero-order valence-corrected chi connectivity index (χ0v) is 19.9. The summed E-state index contributed by atoms with van der Waals surface area (Å²) < 4.78 is 10.5. The van der Waals surface area contributed by atoms with Gasteiger partial charge in [0.15, 0.2) is 5.76 Å². The van der Waals surface area contributed by atoms with Gasteiger partial charge in [-0.2, -0.15) is 0 Å². The van der Waals surface area contributed by atoms with Gasteiger partial charge in [0.25, 0.3) is 5.91 Å². The first-order chi connectivity index (χ1) is 16.7. The van der Waals surface area contributed by atoms with Crippen LogP contribution in [0.1, 0.15) is 38.1 Å². The summed E-state index contributed by atoms with van der Waals surface area (Å²) in [4.78, 5) is 41.3. The zero-order valence-electron chi connectivity index (χ0n) is 18.3. The van der Waals surface area contributed by atoms with Crippen molar-refractivity contribution in [2.45, 2.75) is 12.8 Å². The highest BCUT2D eigenvalue weighted by atomic mass is 35.5. The van der Waals surface area contributed by atoms with Crippen molar-refractivity contribution >= 4 is 68.3 Å². The Labute approximate surface area is 207 Å². The summed E-state index contributed by atoms with van der Waals surface area (Å²) in [5, 5.41) is 23.0. The number of carbonyl (C=O) groups is 2. The number of hydrogen-bond donors (Lipinski definition) is 2. The number of aromatic amines is 1. The topological polar surface area (TPSA) is 139 Å². The second-order valence-corrected chi connectivity index (χ2v) is 8.92. The van der Waals surface area contributed by atoms with E-state index in [4.69, 9.17) is 32.4 Å². The van der Waals surface area contributed by atoms with Gasteiger partial charge in [-0.05, 0) is 24.6 Å². The lowest BCUT2D eigenvalue weighted by atomic mass is 9.95. The van der Waals surface area contributed by atoms with Gasteiger partial charge in [-0.1, -0.05) is 11.6 Å². The van der Waals surface area contributed by atoms with Crippen LogP contribution in [0, 0.1) is 17.0 Å². The van der Waals surface area contributed by atoms with E-state index >= 15 is 0 Å². The molecule has 0 fully saturated rings. The number of methoxy groups -OCH3 is 1. The summed E-state index contributed by atoms with van der Waals surface area (Å²) in [5.74, 6) is -1.75. The number of ether oxygens (including phenoxy) is 1. The molecule has 0 saturated carbocycles. The second-order valence-electron chi connectivity index (χ2n) is 8.17. The number of nitrogens with zero attached hydrogens (tertiary/aromatic N) is 2. The summed E-state index contributed by atoms with van der Waals surface area (Å²) in [6.45, 7) is 1.82. The Morgan fingerprint density at radius 3 is 2.74 bits per heavy atom. The molecule has 2 aromatic carbocycles. The average Bonchev–Trinajstić information content (AvgIpc) is 3.50. The summed E-state index contributed by atoms with van der Waals surface area (Å²) in [5.41, 5.74) is 1.59. The van der Waals surface area contributed by atoms with Crippen LogP contribution in [0.2, 0.25) is 5.02 Å². The van der Waals surface area contributed by atoms with Crippen LogP contribution >= 0.6 is 23.2 Å². The van der Waals surface area contributed by atoms with Gasteiger partial charge in [-0.15, -0.1) is 11.6 Å². The van der Waals surface area contributed by atoms with Gasteiger partial charge in [0.2, 0.25) is 5.58 Å². The van der Waals surface area contributed by atoms with Crippen LogP contribution in [-0.2, 0) is 4.74 Å². The van der Waals surface area contributed by atoms with Gasteiger partial charge in [-0.3, -0.25) is 14.9 Å². The molecule has 180 valence electrons. The number of nitro groups is 1. The average molecular weight is 518 g/mol. The number of non-ortho nitro benzene ring substituents is 1. The number of alkyl halides is 1. The van der Waals surface area contributed by atoms with Gasteiger partial charge in [0.05, 0.1) is 28.8 Å². The van der Waals surface area contributed by atoms with Gasteiger partial charge in [0, 0.05) is 52.0 Å². The van der Waals surface area contributed by atoms with E-state index in [0.717, 1.165) is 6.07 Å². The first kappa shape index (κ1) is 23.0. The Balaban J connectivity index is 1.69. The van der Waals surface area contributed by atoms with Crippen molar-refractivity contribution in [2.75, 3.05) is 24.4 Å². The Kier molecular flexibility index (Phi) is 5.37. The van der Waals surface area contributed by atoms with E-state index in [9.17, 15) is 24.8 Å². The summed E-state index contributed by atoms with van der Waals surface area (Å²) >= 11 is 12.3. The van der Waals surface area contributed by atoms with E-state index in [-0.39, 0.29) is 51.7 Å². The number of fused-ring (bicyclic) bond motifs is 4. The molecule has 1 atom stereocenters. The molecule has 0 spiro atoms. The molecule has 35 heavy (non-hydrogen) atoms. The Morgan fingerprint density at radius 2 is 2.09 bits per heavy atom. The lowest BCUT2D eigenvalue weighted by Gasteiger charge is -2.16. The number of benzene rings is 2. The van der Waals surface area contributed by atoms with Crippen molar-refractivity contribution in [3.05, 3.63) is 62.0 Å². The van der Waals surface area contributed by atoms with E-state index in [1.165, 1.54) is 30.2 Å². The fourth-order valence-corrected chi connectivity index (χ4v) is 5.16. The third kappa shape index (κ3) is 3.40. The smallest absolute Gasteiger partial charge is 0.340 e. The number of anilines is 1. The van der Waals surface area contributed by atoms with Crippen LogP contribution < -0.4 is 4.90 Å². The number of amides is 1. The van der Waals surface area contributed by atoms with Crippen molar-refractivity contribution < 1.29 is 28.8 Å². The van der Waals surface area contributed by atoms with E-state index in [2.05, 4.69) is 4.98 Å².